The first-order valence-electron chi connectivity index (χ1n) is 7.15. The number of thiophene rings is 1. The van der Waals surface area contributed by atoms with Gasteiger partial charge in [0.1, 0.15) is 0 Å². The van der Waals surface area contributed by atoms with Crippen molar-refractivity contribution in [2.45, 2.75) is 44.9 Å². The van der Waals surface area contributed by atoms with Crippen LogP contribution in [0.1, 0.15) is 27.6 Å². The normalized spacial score (nSPS) is 16.5. The molecular weight excluding hydrogens is 322 g/mol. The second kappa shape index (κ2) is 5.77. The topological polar surface area (TPSA) is 75.4 Å². The Hall–Kier alpha value is -1.22. The van der Waals surface area contributed by atoms with Crippen LogP contribution in [0.4, 0.5) is 0 Å². The van der Waals surface area contributed by atoms with Crippen LogP contribution in [0.25, 0.3) is 0 Å². The van der Waals surface area contributed by atoms with Crippen molar-refractivity contribution in [3.63, 3.8) is 0 Å². The van der Waals surface area contributed by atoms with Gasteiger partial charge in [0.25, 0.3) is 0 Å². The van der Waals surface area contributed by atoms with Gasteiger partial charge in [0.05, 0.1) is 29.4 Å². The maximum Gasteiger partial charge on any atom is 0.244 e. The lowest BCUT2D eigenvalue weighted by Crippen LogP contribution is -2.31. The molecule has 1 aliphatic heterocycles. The van der Waals surface area contributed by atoms with E-state index in [1.54, 1.807) is 16.8 Å². The van der Waals surface area contributed by atoms with E-state index in [4.69, 9.17) is 0 Å². The van der Waals surface area contributed by atoms with E-state index in [1.807, 2.05) is 13.8 Å². The summed E-state index contributed by atoms with van der Waals surface area (Å²) in [5, 5.41) is 13.5. The second-order valence-electron chi connectivity index (χ2n) is 5.48. The van der Waals surface area contributed by atoms with Crippen LogP contribution in [0, 0.1) is 13.8 Å². The van der Waals surface area contributed by atoms with Crippen molar-refractivity contribution in [3.8, 4) is 0 Å². The molecule has 0 saturated heterocycles. The van der Waals surface area contributed by atoms with E-state index in [-0.39, 0.29) is 6.61 Å². The van der Waals surface area contributed by atoms with Crippen LogP contribution in [-0.2, 0) is 29.7 Å². The van der Waals surface area contributed by atoms with E-state index in [2.05, 4.69) is 5.10 Å². The minimum atomic E-state index is -3.50. The third kappa shape index (κ3) is 2.71. The zero-order valence-electron chi connectivity index (χ0n) is 12.6. The average molecular weight is 341 g/mol. The molecule has 1 N–H and O–H groups in total. The van der Waals surface area contributed by atoms with Gasteiger partial charge in [-0.25, -0.2) is 8.42 Å². The zero-order valence-corrected chi connectivity index (χ0v) is 14.2. The monoisotopic (exact) mass is 341 g/mol. The molecule has 3 heterocycles. The molecule has 0 bridgehead atoms. The molecule has 2 aromatic rings. The Bertz CT molecular complexity index is 792. The van der Waals surface area contributed by atoms with Gasteiger partial charge < -0.3 is 5.11 Å². The fourth-order valence-electron chi connectivity index (χ4n) is 2.78. The van der Waals surface area contributed by atoms with Gasteiger partial charge in [-0.2, -0.15) is 9.40 Å². The van der Waals surface area contributed by atoms with Crippen LogP contribution >= 0.6 is 11.3 Å². The lowest BCUT2D eigenvalue weighted by Gasteiger charge is -2.19. The minimum Gasteiger partial charge on any atom is -0.390 e. The van der Waals surface area contributed by atoms with Crippen molar-refractivity contribution in [3.05, 3.63) is 33.3 Å². The maximum atomic E-state index is 12.9. The first-order valence-corrected chi connectivity index (χ1v) is 9.41. The summed E-state index contributed by atoms with van der Waals surface area (Å²) in [5.41, 5.74) is 1.41. The summed E-state index contributed by atoms with van der Waals surface area (Å²) >= 11 is 1.50. The number of aromatic nitrogens is 2. The number of rotatable bonds is 3. The maximum absolute atomic E-state index is 12.9. The first-order chi connectivity index (χ1) is 10.4. The lowest BCUT2D eigenvalue weighted by molar-refractivity contribution is 0.275. The molecule has 8 heteroatoms. The molecule has 0 saturated carbocycles. The number of fused-ring (bicyclic) bond motifs is 1. The molecule has 0 radical (unpaired) electrons. The van der Waals surface area contributed by atoms with E-state index < -0.39 is 10.0 Å². The molecule has 120 valence electrons. The van der Waals surface area contributed by atoms with Gasteiger partial charge >= 0.3 is 0 Å². The van der Waals surface area contributed by atoms with Gasteiger partial charge in [-0.1, -0.05) is 0 Å². The third-order valence-corrected chi connectivity index (χ3v) is 6.87. The molecule has 0 spiro atoms. The Labute approximate surface area is 134 Å². The number of sulfonamides is 1. The predicted octanol–water partition coefficient (Wildman–Crippen LogP) is 1.65. The fraction of sp³-hybridized carbons (Fsp3) is 0.500. The molecule has 1 aliphatic rings. The quantitative estimate of drug-likeness (QED) is 0.921. The molecule has 3 rings (SSSR count). The summed E-state index contributed by atoms with van der Waals surface area (Å²) < 4.78 is 29.1. The van der Waals surface area contributed by atoms with Crippen molar-refractivity contribution in [2.75, 3.05) is 6.54 Å². The molecule has 0 aliphatic carbocycles. The molecule has 6 nitrogen and oxygen atoms in total. The van der Waals surface area contributed by atoms with E-state index in [0.717, 1.165) is 15.4 Å². The van der Waals surface area contributed by atoms with Crippen molar-refractivity contribution in [1.29, 1.82) is 0 Å². The highest BCUT2D eigenvalue weighted by molar-refractivity contribution is 7.89. The molecule has 0 unspecified atom stereocenters. The SMILES string of the molecule is Cc1cc(S(=O)(=O)N2CCCn3nc(CO)cc3C2)c(C)s1. The lowest BCUT2D eigenvalue weighted by atomic mass is 10.3. The molecule has 0 fully saturated rings. The van der Waals surface area contributed by atoms with Gasteiger partial charge in [0.2, 0.25) is 10.0 Å². The largest absolute Gasteiger partial charge is 0.390 e. The standard InChI is InChI=1S/C14H19N3O3S2/c1-10-6-14(11(2)21-10)22(19,20)16-4-3-5-17-13(8-16)7-12(9-18)15-17/h6-7,18H,3-5,8-9H2,1-2H3. The summed E-state index contributed by atoms with van der Waals surface area (Å²) in [7, 11) is -3.50. The Morgan fingerprint density at radius 2 is 2.09 bits per heavy atom. The van der Waals surface area contributed by atoms with Crippen molar-refractivity contribution < 1.29 is 13.5 Å². The average Bonchev–Trinajstić information content (AvgIpc) is 2.95. The smallest absolute Gasteiger partial charge is 0.244 e. The number of nitrogens with zero attached hydrogens (tertiary/aromatic N) is 3. The van der Waals surface area contributed by atoms with Crippen molar-refractivity contribution in [1.82, 2.24) is 14.1 Å². The fourth-order valence-corrected chi connectivity index (χ4v) is 5.75. The Morgan fingerprint density at radius 1 is 1.32 bits per heavy atom. The molecule has 2 aromatic heterocycles. The summed E-state index contributed by atoms with van der Waals surface area (Å²) in [6.45, 7) is 5.08. The van der Waals surface area contributed by atoms with Gasteiger partial charge in [-0.15, -0.1) is 11.3 Å². The Balaban J connectivity index is 1.96. The summed E-state index contributed by atoms with van der Waals surface area (Å²) in [5.74, 6) is 0. The highest BCUT2D eigenvalue weighted by Crippen LogP contribution is 2.29. The van der Waals surface area contributed by atoms with Gasteiger partial charge in [0.15, 0.2) is 0 Å². The number of aryl methyl sites for hydroxylation is 3. The Kier molecular flexibility index (Phi) is 4.11. The zero-order chi connectivity index (χ0) is 15.9. The van der Waals surface area contributed by atoms with E-state index in [0.29, 0.717) is 36.6 Å². The summed E-state index contributed by atoms with van der Waals surface area (Å²) in [4.78, 5) is 2.23. The van der Waals surface area contributed by atoms with Crippen LogP contribution < -0.4 is 0 Å². The van der Waals surface area contributed by atoms with E-state index in [9.17, 15) is 13.5 Å². The number of hydrogen-bond donors (Lipinski definition) is 1. The first kappa shape index (κ1) is 15.7. The minimum absolute atomic E-state index is 0.129. The second-order valence-corrected chi connectivity index (χ2v) is 8.84. The van der Waals surface area contributed by atoms with Crippen LogP contribution in [-0.4, -0.2) is 34.2 Å². The Morgan fingerprint density at radius 3 is 2.73 bits per heavy atom. The molecule has 0 amide bonds. The molecule has 22 heavy (non-hydrogen) atoms. The summed E-state index contributed by atoms with van der Waals surface area (Å²) in [6, 6.07) is 3.52. The van der Waals surface area contributed by atoms with E-state index in [1.165, 1.54) is 15.6 Å². The van der Waals surface area contributed by atoms with Crippen LogP contribution in [0.15, 0.2) is 17.0 Å². The highest BCUT2D eigenvalue weighted by Gasteiger charge is 2.30. The van der Waals surface area contributed by atoms with Crippen LogP contribution in [0.3, 0.4) is 0 Å². The van der Waals surface area contributed by atoms with Crippen molar-refractivity contribution >= 4 is 21.4 Å². The third-order valence-electron chi connectivity index (χ3n) is 3.80. The predicted molar refractivity (Wildman–Crippen MR) is 84.2 cm³/mol. The summed E-state index contributed by atoms with van der Waals surface area (Å²) in [6.07, 6.45) is 0.709. The number of hydrogen-bond acceptors (Lipinski definition) is 5. The van der Waals surface area contributed by atoms with E-state index >= 15 is 0 Å². The van der Waals surface area contributed by atoms with Gasteiger partial charge in [-0.05, 0) is 32.4 Å². The number of aliphatic hydroxyl groups is 1. The van der Waals surface area contributed by atoms with Gasteiger partial charge in [-0.3, -0.25) is 4.68 Å². The highest BCUT2D eigenvalue weighted by atomic mass is 32.2. The molecular formula is C14H19N3O3S2. The molecule has 0 aromatic carbocycles. The molecule has 0 atom stereocenters. The number of aliphatic hydroxyl groups excluding tert-OH is 1. The van der Waals surface area contributed by atoms with Gasteiger partial charge in [0, 0.05) is 22.8 Å². The van der Waals surface area contributed by atoms with Crippen LogP contribution in [0.5, 0.6) is 0 Å². The van der Waals surface area contributed by atoms with Crippen LogP contribution in [0.2, 0.25) is 0 Å². The van der Waals surface area contributed by atoms with Crippen molar-refractivity contribution in [2.24, 2.45) is 0 Å².